The van der Waals surface area contributed by atoms with Gasteiger partial charge in [-0.05, 0) is 30.3 Å². The Morgan fingerprint density at radius 1 is 1.21 bits per heavy atom. The maximum atomic E-state index is 13.8. The second kappa shape index (κ2) is 8.97. The van der Waals surface area contributed by atoms with Crippen LogP contribution >= 0.6 is 24.0 Å². The molecule has 0 spiro atoms. The number of aromatic carboxylic acids is 1. The lowest BCUT2D eigenvalue weighted by Crippen LogP contribution is -2.31. The summed E-state index contributed by atoms with van der Waals surface area (Å²) in [5.74, 6) is -2.32. The summed E-state index contributed by atoms with van der Waals surface area (Å²) >= 11 is 6.26. The van der Waals surface area contributed by atoms with Gasteiger partial charge in [0.25, 0.3) is 5.91 Å². The molecule has 2 N–H and O–H groups in total. The topological polar surface area (TPSA) is 86.7 Å². The first kappa shape index (κ1) is 20.7. The summed E-state index contributed by atoms with van der Waals surface area (Å²) < 4.78 is 14.1. The fourth-order valence-electron chi connectivity index (χ4n) is 2.59. The van der Waals surface area contributed by atoms with Crippen LogP contribution in [0.4, 0.5) is 10.1 Å². The Labute approximate surface area is 175 Å². The molecule has 29 heavy (non-hydrogen) atoms. The third-order valence-corrected chi connectivity index (χ3v) is 5.40. The van der Waals surface area contributed by atoms with Crippen LogP contribution in [0, 0.1) is 5.82 Å². The summed E-state index contributed by atoms with van der Waals surface area (Å²) in [7, 11) is 0. The van der Waals surface area contributed by atoms with Crippen LogP contribution in [-0.4, -0.2) is 38.7 Å². The summed E-state index contributed by atoms with van der Waals surface area (Å²) in [6.45, 7) is 0.0593. The van der Waals surface area contributed by atoms with Crippen molar-refractivity contribution in [2.45, 2.75) is 6.42 Å². The van der Waals surface area contributed by atoms with Crippen molar-refractivity contribution in [3.63, 3.8) is 0 Å². The van der Waals surface area contributed by atoms with Gasteiger partial charge in [-0.3, -0.25) is 14.5 Å². The first-order chi connectivity index (χ1) is 13.8. The number of anilines is 1. The summed E-state index contributed by atoms with van der Waals surface area (Å²) in [5, 5.41) is 11.6. The molecule has 1 aliphatic rings. The molecule has 2 amide bonds. The fraction of sp³-hybridized carbons (Fsp3) is 0.100. The van der Waals surface area contributed by atoms with E-state index in [1.54, 1.807) is 24.3 Å². The lowest BCUT2D eigenvalue weighted by molar-refractivity contribution is -0.122. The van der Waals surface area contributed by atoms with E-state index in [1.165, 1.54) is 35.2 Å². The third-order valence-electron chi connectivity index (χ3n) is 4.02. The minimum absolute atomic E-state index is 0.0310. The van der Waals surface area contributed by atoms with Gasteiger partial charge in [0.1, 0.15) is 10.1 Å². The Morgan fingerprint density at radius 3 is 2.69 bits per heavy atom. The predicted octanol–water partition coefficient (Wildman–Crippen LogP) is 3.75. The number of nitrogens with one attached hydrogen (secondary N) is 1. The average molecular weight is 430 g/mol. The lowest BCUT2D eigenvalue weighted by atomic mass is 10.2. The summed E-state index contributed by atoms with van der Waals surface area (Å²) in [5.41, 5.74) is 0.682. The van der Waals surface area contributed by atoms with E-state index in [1.807, 2.05) is 0 Å². The number of hydrogen-bond acceptors (Lipinski definition) is 5. The van der Waals surface area contributed by atoms with Crippen molar-refractivity contribution >= 4 is 57.8 Å². The number of carboxylic acid groups (broad SMARTS) is 1. The number of rotatable bonds is 6. The molecule has 1 fully saturated rings. The number of carboxylic acids is 1. The van der Waals surface area contributed by atoms with Gasteiger partial charge in [-0.1, -0.05) is 48.2 Å². The van der Waals surface area contributed by atoms with Crippen LogP contribution in [0.3, 0.4) is 0 Å². The van der Waals surface area contributed by atoms with Crippen molar-refractivity contribution in [2.24, 2.45) is 0 Å². The SMILES string of the molecule is O=C(CCN1C(=O)C(=Cc2ccccc2F)SC1=S)Nc1cccc(C(=O)O)c1. The number of carbonyl (C=O) groups is 3. The van der Waals surface area contributed by atoms with E-state index < -0.39 is 11.8 Å². The Kier molecular flexibility index (Phi) is 6.40. The van der Waals surface area contributed by atoms with Crippen molar-refractivity contribution in [3.8, 4) is 0 Å². The number of nitrogens with zero attached hydrogens (tertiary/aromatic N) is 1. The Balaban J connectivity index is 1.62. The van der Waals surface area contributed by atoms with E-state index >= 15 is 0 Å². The highest BCUT2D eigenvalue weighted by Gasteiger charge is 2.32. The van der Waals surface area contributed by atoms with Crippen LogP contribution < -0.4 is 5.32 Å². The van der Waals surface area contributed by atoms with Gasteiger partial charge in [-0.25, -0.2) is 9.18 Å². The molecule has 0 saturated carbocycles. The van der Waals surface area contributed by atoms with Gasteiger partial charge in [0, 0.05) is 24.2 Å². The summed E-state index contributed by atoms with van der Waals surface area (Å²) in [6.07, 6.45) is 1.41. The van der Waals surface area contributed by atoms with Crippen LogP contribution in [0.5, 0.6) is 0 Å². The maximum absolute atomic E-state index is 13.8. The zero-order chi connectivity index (χ0) is 21.0. The zero-order valence-electron chi connectivity index (χ0n) is 14.9. The predicted molar refractivity (Wildman–Crippen MR) is 113 cm³/mol. The minimum Gasteiger partial charge on any atom is -0.478 e. The fourth-order valence-corrected chi connectivity index (χ4v) is 3.89. The molecule has 1 aliphatic heterocycles. The van der Waals surface area contributed by atoms with Crippen LogP contribution in [-0.2, 0) is 9.59 Å². The largest absolute Gasteiger partial charge is 0.478 e. The van der Waals surface area contributed by atoms with Crippen LogP contribution in [0.15, 0.2) is 53.4 Å². The number of hydrogen-bond donors (Lipinski definition) is 2. The highest BCUT2D eigenvalue weighted by molar-refractivity contribution is 8.26. The standard InChI is InChI=1S/C20H15FN2O4S2/c21-15-7-2-1-4-12(15)11-16-18(25)23(20(28)29-16)9-8-17(24)22-14-6-3-5-13(10-14)19(26)27/h1-7,10-11H,8-9H2,(H,22,24)(H,26,27). The Morgan fingerprint density at radius 2 is 1.97 bits per heavy atom. The zero-order valence-corrected chi connectivity index (χ0v) is 16.6. The van der Waals surface area contributed by atoms with Gasteiger partial charge in [0.2, 0.25) is 5.91 Å². The van der Waals surface area contributed by atoms with E-state index in [2.05, 4.69) is 5.32 Å². The molecule has 0 unspecified atom stereocenters. The number of amides is 2. The number of carbonyl (C=O) groups excluding carboxylic acids is 2. The van der Waals surface area contributed by atoms with Crippen molar-refractivity contribution < 1.29 is 23.9 Å². The molecule has 0 bridgehead atoms. The monoisotopic (exact) mass is 430 g/mol. The molecule has 0 radical (unpaired) electrons. The van der Waals surface area contributed by atoms with Crippen molar-refractivity contribution in [2.75, 3.05) is 11.9 Å². The number of thioether (sulfide) groups is 1. The first-order valence-corrected chi connectivity index (χ1v) is 9.71. The number of halogens is 1. The first-order valence-electron chi connectivity index (χ1n) is 8.48. The van der Waals surface area contributed by atoms with Crippen LogP contribution in [0.2, 0.25) is 0 Å². The third kappa shape index (κ3) is 5.07. The average Bonchev–Trinajstić information content (AvgIpc) is 2.95. The van der Waals surface area contributed by atoms with E-state index in [-0.39, 0.29) is 40.8 Å². The van der Waals surface area contributed by atoms with Gasteiger partial charge in [0.15, 0.2) is 0 Å². The van der Waals surface area contributed by atoms with E-state index in [4.69, 9.17) is 17.3 Å². The highest BCUT2D eigenvalue weighted by Crippen LogP contribution is 2.33. The normalized spacial score (nSPS) is 15.1. The molecule has 148 valence electrons. The molecule has 6 nitrogen and oxygen atoms in total. The molecule has 0 atom stereocenters. The van der Waals surface area contributed by atoms with Crippen molar-refractivity contribution in [3.05, 3.63) is 70.4 Å². The molecule has 1 saturated heterocycles. The lowest BCUT2D eigenvalue weighted by Gasteiger charge is -2.14. The van der Waals surface area contributed by atoms with Crippen LogP contribution in [0.25, 0.3) is 6.08 Å². The second-order valence-corrected chi connectivity index (χ2v) is 7.71. The summed E-state index contributed by atoms with van der Waals surface area (Å²) in [4.78, 5) is 37.3. The highest BCUT2D eigenvalue weighted by atomic mass is 32.2. The molecule has 0 aromatic heterocycles. The quantitative estimate of drug-likeness (QED) is 0.536. The number of benzene rings is 2. The molecular formula is C20H15FN2O4S2. The van der Waals surface area contributed by atoms with Crippen molar-refractivity contribution in [1.29, 1.82) is 0 Å². The number of thiocarbonyl (C=S) groups is 1. The van der Waals surface area contributed by atoms with Crippen molar-refractivity contribution in [1.82, 2.24) is 4.90 Å². The van der Waals surface area contributed by atoms with Gasteiger partial charge >= 0.3 is 5.97 Å². The van der Waals surface area contributed by atoms with Gasteiger partial charge in [0.05, 0.1) is 10.5 Å². The minimum atomic E-state index is -1.10. The van der Waals surface area contributed by atoms with E-state index in [9.17, 15) is 18.8 Å². The molecule has 0 aliphatic carbocycles. The van der Waals surface area contributed by atoms with Gasteiger partial charge < -0.3 is 10.4 Å². The maximum Gasteiger partial charge on any atom is 0.335 e. The molecule has 2 aromatic rings. The molecular weight excluding hydrogens is 415 g/mol. The Bertz CT molecular complexity index is 1040. The molecule has 3 rings (SSSR count). The second-order valence-electron chi connectivity index (χ2n) is 6.04. The molecule has 1 heterocycles. The van der Waals surface area contributed by atoms with E-state index in [0.717, 1.165) is 11.8 Å². The Hall–Kier alpha value is -3.04. The summed E-state index contributed by atoms with van der Waals surface area (Å²) in [6, 6.07) is 11.9. The van der Waals surface area contributed by atoms with Gasteiger partial charge in [-0.15, -0.1) is 0 Å². The molecule has 2 aromatic carbocycles. The van der Waals surface area contributed by atoms with Crippen LogP contribution in [0.1, 0.15) is 22.3 Å². The van der Waals surface area contributed by atoms with E-state index in [0.29, 0.717) is 10.0 Å². The smallest absolute Gasteiger partial charge is 0.335 e. The van der Waals surface area contributed by atoms with Gasteiger partial charge in [-0.2, -0.15) is 0 Å². The molecule has 9 heteroatoms.